The van der Waals surface area contributed by atoms with Gasteiger partial charge in [-0.15, -0.1) is 0 Å². The summed E-state index contributed by atoms with van der Waals surface area (Å²) in [4.78, 5) is 12.6. The second-order valence-electron chi connectivity index (χ2n) is 6.71. The zero-order valence-electron chi connectivity index (χ0n) is 17.0. The van der Waals surface area contributed by atoms with E-state index in [2.05, 4.69) is 0 Å². The third kappa shape index (κ3) is 3.72. The number of ether oxygens (including phenoxy) is 5. The van der Waals surface area contributed by atoms with Crippen LogP contribution < -0.4 is 19.6 Å². The molecule has 1 atom stereocenters. The fraction of sp³-hybridized carbons (Fsp3) is 0.476. The number of pyridine rings is 1. The van der Waals surface area contributed by atoms with Crippen LogP contribution in [0.4, 0.5) is 0 Å². The Bertz CT molecular complexity index is 905. The van der Waals surface area contributed by atoms with E-state index >= 15 is 0 Å². The molecular formula is C21H27NO6. The van der Waals surface area contributed by atoms with Crippen molar-refractivity contribution in [2.75, 3.05) is 41.7 Å². The van der Waals surface area contributed by atoms with Gasteiger partial charge in [-0.2, -0.15) is 0 Å². The van der Waals surface area contributed by atoms with Crippen molar-refractivity contribution in [2.24, 2.45) is 0 Å². The second kappa shape index (κ2) is 8.67. The van der Waals surface area contributed by atoms with Crippen LogP contribution in [0.2, 0.25) is 0 Å². The van der Waals surface area contributed by atoms with E-state index in [0.717, 1.165) is 23.2 Å². The molecule has 28 heavy (non-hydrogen) atoms. The first-order chi connectivity index (χ1) is 13.5. The molecule has 7 nitrogen and oxygen atoms in total. The van der Waals surface area contributed by atoms with Crippen molar-refractivity contribution in [3.05, 3.63) is 39.5 Å². The second-order valence-corrected chi connectivity index (χ2v) is 6.71. The van der Waals surface area contributed by atoms with Crippen molar-refractivity contribution in [2.45, 2.75) is 26.0 Å². The van der Waals surface area contributed by atoms with Crippen LogP contribution in [0, 0.1) is 6.92 Å². The summed E-state index contributed by atoms with van der Waals surface area (Å²) in [5.74, 6) is 1.85. The van der Waals surface area contributed by atoms with Crippen LogP contribution in [0.1, 0.15) is 11.1 Å². The SMILES string of the molecule is COC[C@@H](COc1cc(=O)c(C)c2n1CCc1cc(OC)c(OC)cc1-2)OC. The van der Waals surface area contributed by atoms with Crippen LogP contribution in [0.15, 0.2) is 23.0 Å². The molecule has 0 unspecified atom stereocenters. The maximum atomic E-state index is 12.6. The van der Waals surface area contributed by atoms with Crippen LogP contribution in [0.5, 0.6) is 17.4 Å². The Balaban J connectivity index is 2.06. The maximum Gasteiger partial charge on any atom is 0.197 e. The molecule has 0 saturated carbocycles. The highest BCUT2D eigenvalue weighted by Gasteiger charge is 2.24. The smallest absolute Gasteiger partial charge is 0.197 e. The van der Waals surface area contributed by atoms with Gasteiger partial charge in [0.1, 0.15) is 12.7 Å². The summed E-state index contributed by atoms with van der Waals surface area (Å²) in [5, 5.41) is 0. The molecule has 0 fully saturated rings. The number of fused-ring (bicyclic) bond motifs is 3. The van der Waals surface area contributed by atoms with Gasteiger partial charge < -0.3 is 28.3 Å². The molecule has 0 amide bonds. The first kappa shape index (κ1) is 20.2. The highest BCUT2D eigenvalue weighted by molar-refractivity contribution is 5.73. The molecule has 2 aromatic rings. The minimum absolute atomic E-state index is 0.0652. The van der Waals surface area contributed by atoms with Crippen molar-refractivity contribution in [3.8, 4) is 28.6 Å². The predicted octanol–water partition coefficient (Wildman–Crippen LogP) is 2.44. The molecule has 1 aromatic carbocycles. The largest absolute Gasteiger partial charge is 0.493 e. The predicted molar refractivity (Wildman–Crippen MR) is 106 cm³/mol. The number of hydrogen-bond acceptors (Lipinski definition) is 6. The molecule has 1 aliphatic heterocycles. The van der Waals surface area contributed by atoms with E-state index in [0.29, 0.717) is 42.7 Å². The number of rotatable bonds is 8. The number of aromatic nitrogens is 1. The van der Waals surface area contributed by atoms with Gasteiger partial charge in [0.25, 0.3) is 0 Å². The number of aryl methyl sites for hydroxylation is 1. The molecule has 2 heterocycles. The minimum atomic E-state index is -0.210. The zero-order valence-corrected chi connectivity index (χ0v) is 17.0. The van der Waals surface area contributed by atoms with E-state index in [4.69, 9.17) is 23.7 Å². The van der Waals surface area contributed by atoms with Gasteiger partial charge in [-0.1, -0.05) is 0 Å². The zero-order chi connectivity index (χ0) is 20.3. The van der Waals surface area contributed by atoms with Crippen molar-refractivity contribution >= 4 is 0 Å². The minimum Gasteiger partial charge on any atom is -0.493 e. The quantitative estimate of drug-likeness (QED) is 0.691. The molecule has 0 radical (unpaired) electrons. The van der Waals surface area contributed by atoms with Crippen LogP contribution in [0.3, 0.4) is 0 Å². The molecule has 3 rings (SSSR count). The van der Waals surface area contributed by atoms with Gasteiger partial charge in [0.05, 0.1) is 26.5 Å². The molecule has 7 heteroatoms. The first-order valence-electron chi connectivity index (χ1n) is 9.18. The number of hydrogen-bond donors (Lipinski definition) is 0. The van der Waals surface area contributed by atoms with Crippen molar-refractivity contribution < 1.29 is 23.7 Å². The normalized spacial score (nSPS) is 13.5. The first-order valence-corrected chi connectivity index (χ1v) is 9.18. The highest BCUT2D eigenvalue weighted by atomic mass is 16.6. The van der Waals surface area contributed by atoms with E-state index in [-0.39, 0.29) is 11.5 Å². The monoisotopic (exact) mass is 389 g/mol. The topological polar surface area (TPSA) is 68.2 Å². The lowest BCUT2D eigenvalue weighted by Crippen LogP contribution is -2.28. The maximum absolute atomic E-state index is 12.6. The Morgan fingerprint density at radius 1 is 1.04 bits per heavy atom. The van der Waals surface area contributed by atoms with Crippen LogP contribution in [-0.4, -0.2) is 52.3 Å². The summed E-state index contributed by atoms with van der Waals surface area (Å²) in [5.41, 5.74) is 3.55. The number of benzene rings is 1. The fourth-order valence-electron chi connectivity index (χ4n) is 3.55. The van der Waals surface area contributed by atoms with Gasteiger partial charge in [0, 0.05) is 38.0 Å². The fourth-order valence-corrected chi connectivity index (χ4v) is 3.55. The van der Waals surface area contributed by atoms with E-state index in [1.165, 1.54) is 0 Å². The van der Waals surface area contributed by atoms with Gasteiger partial charge in [0.15, 0.2) is 22.8 Å². The highest BCUT2D eigenvalue weighted by Crippen LogP contribution is 2.40. The summed E-state index contributed by atoms with van der Waals surface area (Å²) in [6.07, 6.45) is 0.588. The van der Waals surface area contributed by atoms with Crippen LogP contribution >= 0.6 is 0 Å². The molecule has 0 spiro atoms. The van der Waals surface area contributed by atoms with Crippen molar-refractivity contribution in [3.63, 3.8) is 0 Å². The Hall–Kier alpha value is -2.51. The van der Waals surface area contributed by atoms with E-state index < -0.39 is 0 Å². The van der Waals surface area contributed by atoms with Gasteiger partial charge in [-0.25, -0.2) is 0 Å². The third-order valence-corrected chi connectivity index (χ3v) is 5.09. The van der Waals surface area contributed by atoms with Gasteiger partial charge >= 0.3 is 0 Å². The number of nitrogens with zero attached hydrogens (tertiary/aromatic N) is 1. The summed E-state index contributed by atoms with van der Waals surface area (Å²) in [6, 6.07) is 5.46. The summed E-state index contributed by atoms with van der Waals surface area (Å²) < 4.78 is 29.4. The Morgan fingerprint density at radius 3 is 2.39 bits per heavy atom. The Labute approximate surface area is 164 Å². The van der Waals surface area contributed by atoms with Gasteiger partial charge in [0.2, 0.25) is 0 Å². The van der Waals surface area contributed by atoms with Crippen LogP contribution in [-0.2, 0) is 22.4 Å². The molecule has 1 aromatic heterocycles. The standard InChI is InChI=1S/C21H27NO6/c1-13-17(23)10-20(28-12-15(25-3)11-24-2)22-7-6-14-8-18(26-4)19(27-5)9-16(14)21(13)22/h8-10,15H,6-7,11-12H2,1-5H3/t15-/m0/s1. The average molecular weight is 389 g/mol. The van der Waals surface area contributed by atoms with E-state index in [1.807, 2.05) is 23.6 Å². The lowest BCUT2D eigenvalue weighted by Gasteiger charge is -2.28. The van der Waals surface area contributed by atoms with Crippen molar-refractivity contribution in [1.29, 1.82) is 0 Å². The molecular weight excluding hydrogens is 362 g/mol. The lowest BCUT2D eigenvalue weighted by atomic mass is 9.94. The molecule has 152 valence electrons. The van der Waals surface area contributed by atoms with Crippen molar-refractivity contribution in [1.82, 2.24) is 4.57 Å². The van der Waals surface area contributed by atoms with Crippen LogP contribution in [0.25, 0.3) is 11.3 Å². The average Bonchev–Trinajstić information content (AvgIpc) is 2.72. The molecule has 0 N–H and O–H groups in total. The molecule has 0 bridgehead atoms. The summed E-state index contributed by atoms with van der Waals surface area (Å²) >= 11 is 0. The lowest BCUT2D eigenvalue weighted by molar-refractivity contribution is -0.000948. The Kier molecular flexibility index (Phi) is 6.26. The van der Waals surface area contributed by atoms with Gasteiger partial charge in [-0.05, 0) is 31.0 Å². The number of methoxy groups -OCH3 is 4. The van der Waals surface area contributed by atoms with Gasteiger partial charge in [-0.3, -0.25) is 4.79 Å². The third-order valence-electron chi connectivity index (χ3n) is 5.09. The summed E-state index contributed by atoms with van der Waals surface area (Å²) in [6.45, 7) is 3.26. The van der Waals surface area contributed by atoms with E-state index in [1.54, 1.807) is 34.5 Å². The molecule has 1 aliphatic rings. The molecule has 0 aliphatic carbocycles. The molecule has 0 saturated heterocycles. The Morgan fingerprint density at radius 2 is 1.75 bits per heavy atom. The summed E-state index contributed by atoms with van der Waals surface area (Å²) in [7, 11) is 6.45. The van der Waals surface area contributed by atoms with E-state index in [9.17, 15) is 4.79 Å².